The Balaban J connectivity index is 1.82. The Bertz CT molecular complexity index is 340. The molecule has 0 N–H and O–H groups in total. The normalized spacial score (nSPS) is 13.0. The molecule has 1 aromatic carbocycles. The molecule has 0 fully saturated rings. The molecule has 1 heterocycles. The van der Waals surface area contributed by atoms with Crippen molar-refractivity contribution in [3.8, 4) is 5.75 Å². The lowest BCUT2D eigenvalue weighted by atomic mass is 10.1. The fraction of sp³-hybridized carbons (Fsp3) is 0.333. The minimum atomic E-state index is 0.525. The van der Waals surface area contributed by atoms with Gasteiger partial charge in [0.05, 0.1) is 6.61 Å². The molecule has 0 bridgehead atoms. The molecular formula is C12H14O3. The Hall–Kier alpha value is -1.48. The van der Waals surface area contributed by atoms with Crippen LogP contribution in [0.4, 0.5) is 0 Å². The van der Waals surface area contributed by atoms with Crippen LogP contribution in [0.3, 0.4) is 0 Å². The summed E-state index contributed by atoms with van der Waals surface area (Å²) < 4.78 is 15.3. The summed E-state index contributed by atoms with van der Waals surface area (Å²) in [4.78, 5) is 0. The van der Waals surface area contributed by atoms with E-state index in [9.17, 15) is 0 Å². The van der Waals surface area contributed by atoms with Gasteiger partial charge in [0.15, 0.2) is 5.76 Å². The van der Waals surface area contributed by atoms with Gasteiger partial charge in [-0.1, -0.05) is 12.1 Å². The molecule has 3 heteroatoms. The van der Waals surface area contributed by atoms with Crippen LogP contribution in [0.25, 0.3) is 0 Å². The highest BCUT2D eigenvalue weighted by Gasteiger charge is 2.09. The van der Waals surface area contributed by atoms with Gasteiger partial charge < -0.3 is 14.2 Å². The van der Waals surface area contributed by atoms with E-state index in [0.29, 0.717) is 6.61 Å². The van der Waals surface area contributed by atoms with Gasteiger partial charge >= 0.3 is 0 Å². The first-order valence-electron chi connectivity index (χ1n) is 4.95. The van der Waals surface area contributed by atoms with Crippen molar-refractivity contribution >= 4 is 0 Å². The molecule has 0 atom stereocenters. The maximum Gasteiger partial charge on any atom is 0.176 e. The Labute approximate surface area is 89.3 Å². The molecule has 0 unspecified atom stereocenters. The van der Waals surface area contributed by atoms with Crippen LogP contribution >= 0.6 is 0 Å². The van der Waals surface area contributed by atoms with E-state index >= 15 is 0 Å². The third-order valence-electron chi connectivity index (χ3n) is 2.18. The molecule has 2 rings (SSSR count). The minimum Gasteiger partial charge on any atom is -0.486 e. The van der Waals surface area contributed by atoms with Crippen LogP contribution in [0.2, 0.25) is 0 Å². The van der Waals surface area contributed by atoms with Crippen LogP contribution in [0.15, 0.2) is 36.3 Å². The van der Waals surface area contributed by atoms with Crippen LogP contribution in [0.1, 0.15) is 5.56 Å². The zero-order chi connectivity index (χ0) is 10.5. The Morgan fingerprint density at radius 1 is 1.20 bits per heavy atom. The maximum absolute atomic E-state index is 5.46. The second-order valence-corrected chi connectivity index (χ2v) is 3.38. The summed E-state index contributed by atoms with van der Waals surface area (Å²) in [5.41, 5.74) is 1.26. The predicted octanol–water partition coefficient (Wildman–Crippen LogP) is 2.13. The minimum absolute atomic E-state index is 0.525. The van der Waals surface area contributed by atoms with Crippen LogP contribution in [0.5, 0.6) is 5.75 Å². The summed E-state index contributed by atoms with van der Waals surface area (Å²) in [7, 11) is 1.71. The standard InChI is InChI=1S/C12H14O3/c1-13-7-6-10-2-4-11(5-3-10)14-8-12-9-15-12/h2-5,9H,6-8H2,1H3. The molecule has 15 heavy (non-hydrogen) atoms. The molecule has 0 aromatic heterocycles. The zero-order valence-electron chi connectivity index (χ0n) is 8.73. The first-order chi connectivity index (χ1) is 7.38. The molecule has 1 aliphatic rings. The Morgan fingerprint density at radius 3 is 2.53 bits per heavy atom. The number of hydrogen-bond donors (Lipinski definition) is 0. The number of benzene rings is 1. The summed E-state index contributed by atoms with van der Waals surface area (Å²) in [6.45, 7) is 1.28. The van der Waals surface area contributed by atoms with E-state index in [4.69, 9.17) is 14.2 Å². The summed E-state index contributed by atoms with van der Waals surface area (Å²) in [6.07, 6.45) is 2.62. The van der Waals surface area contributed by atoms with E-state index in [-0.39, 0.29) is 0 Å². The quantitative estimate of drug-likeness (QED) is 0.714. The molecule has 1 aromatic rings. The molecule has 0 aliphatic carbocycles. The summed E-state index contributed by atoms with van der Waals surface area (Å²) in [5, 5.41) is 0. The fourth-order valence-corrected chi connectivity index (χ4v) is 1.24. The Morgan fingerprint density at radius 2 is 1.93 bits per heavy atom. The maximum atomic E-state index is 5.46. The molecular weight excluding hydrogens is 192 g/mol. The largest absolute Gasteiger partial charge is 0.486 e. The lowest BCUT2D eigenvalue weighted by Crippen LogP contribution is -1.97. The van der Waals surface area contributed by atoms with Crippen molar-refractivity contribution in [3.63, 3.8) is 0 Å². The van der Waals surface area contributed by atoms with Gasteiger partial charge in [-0.25, -0.2) is 0 Å². The number of methoxy groups -OCH3 is 1. The van der Waals surface area contributed by atoms with Gasteiger partial charge in [-0.05, 0) is 24.1 Å². The number of rotatable bonds is 6. The molecule has 80 valence electrons. The summed E-state index contributed by atoms with van der Waals surface area (Å²) >= 11 is 0. The van der Waals surface area contributed by atoms with Gasteiger partial charge in [0.1, 0.15) is 18.6 Å². The van der Waals surface area contributed by atoms with Gasteiger partial charge in [-0.15, -0.1) is 0 Å². The smallest absolute Gasteiger partial charge is 0.176 e. The average molecular weight is 206 g/mol. The molecule has 0 saturated heterocycles. The first-order valence-corrected chi connectivity index (χ1v) is 4.95. The second-order valence-electron chi connectivity index (χ2n) is 3.38. The van der Waals surface area contributed by atoms with Crippen LogP contribution in [-0.4, -0.2) is 20.3 Å². The molecule has 0 saturated carbocycles. The molecule has 1 aliphatic heterocycles. The lowest BCUT2D eigenvalue weighted by molar-refractivity contribution is 0.202. The van der Waals surface area contributed by atoms with Crippen LogP contribution < -0.4 is 4.74 Å². The summed E-state index contributed by atoms with van der Waals surface area (Å²) in [6, 6.07) is 8.04. The average Bonchev–Trinajstić information content (AvgIpc) is 3.09. The van der Waals surface area contributed by atoms with Crippen molar-refractivity contribution in [1.29, 1.82) is 0 Å². The highest BCUT2D eigenvalue weighted by molar-refractivity contribution is 5.27. The molecule has 3 nitrogen and oxygen atoms in total. The number of hydrogen-bond acceptors (Lipinski definition) is 3. The number of ether oxygens (including phenoxy) is 3. The highest BCUT2D eigenvalue weighted by Crippen LogP contribution is 2.17. The molecule has 0 amide bonds. The van der Waals surface area contributed by atoms with E-state index in [2.05, 4.69) is 12.1 Å². The second kappa shape index (κ2) is 4.84. The van der Waals surface area contributed by atoms with E-state index in [0.717, 1.165) is 24.5 Å². The van der Waals surface area contributed by atoms with Gasteiger partial charge in [-0.3, -0.25) is 0 Å². The zero-order valence-corrected chi connectivity index (χ0v) is 8.73. The van der Waals surface area contributed by atoms with E-state index < -0.39 is 0 Å². The topological polar surface area (TPSA) is 31.0 Å². The fourth-order valence-electron chi connectivity index (χ4n) is 1.24. The van der Waals surface area contributed by atoms with Crippen molar-refractivity contribution in [2.45, 2.75) is 6.42 Å². The van der Waals surface area contributed by atoms with Crippen molar-refractivity contribution in [3.05, 3.63) is 41.9 Å². The molecule has 0 radical (unpaired) electrons. The van der Waals surface area contributed by atoms with Crippen LogP contribution in [-0.2, 0) is 15.9 Å². The monoisotopic (exact) mass is 206 g/mol. The summed E-state index contributed by atoms with van der Waals surface area (Å²) in [5.74, 6) is 1.77. The third kappa shape index (κ3) is 3.29. The van der Waals surface area contributed by atoms with Crippen molar-refractivity contribution in [2.75, 3.05) is 20.3 Å². The van der Waals surface area contributed by atoms with E-state index in [1.165, 1.54) is 5.56 Å². The first kappa shape index (κ1) is 10.1. The Kier molecular flexibility index (Phi) is 3.25. The van der Waals surface area contributed by atoms with Gasteiger partial charge in [0, 0.05) is 7.11 Å². The van der Waals surface area contributed by atoms with Crippen molar-refractivity contribution in [2.24, 2.45) is 0 Å². The molecule has 0 spiro atoms. The van der Waals surface area contributed by atoms with Crippen molar-refractivity contribution < 1.29 is 14.2 Å². The predicted molar refractivity (Wildman–Crippen MR) is 56.7 cm³/mol. The van der Waals surface area contributed by atoms with Gasteiger partial charge in [0.25, 0.3) is 0 Å². The highest BCUT2D eigenvalue weighted by atomic mass is 16.6. The third-order valence-corrected chi connectivity index (χ3v) is 2.18. The van der Waals surface area contributed by atoms with Crippen molar-refractivity contribution in [1.82, 2.24) is 0 Å². The van der Waals surface area contributed by atoms with E-state index in [1.54, 1.807) is 13.4 Å². The van der Waals surface area contributed by atoms with E-state index in [1.807, 2.05) is 12.1 Å². The van der Waals surface area contributed by atoms with Gasteiger partial charge in [-0.2, -0.15) is 0 Å². The van der Waals surface area contributed by atoms with Crippen LogP contribution in [0, 0.1) is 0 Å². The van der Waals surface area contributed by atoms with Gasteiger partial charge in [0.2, 0.25) is 0 Å². The lowest BCUT2D eigenvalue weighted by Gasteiger charge is -2.04. The SMILES string of the molecule is COCCc1ccc(OCC2=CO2)cc1.